The minimum atomic E-state index is -1.85. The van der Waals surface area contributed by atoms with Crippen LogP contribution in [-0.2, 0) is 47.5 Å². The van der Waals surface area contributed by atoms with Crippen LogP contribution < -0.4 is 16.4 Å². The van der Waals surface area contributed by atoms with Crippen LogP contribution in [0.2, 0.25) is 0 Å². The zero-order valence-corrected chi connectivity index (χ0v) is 34.2. The van der Waals surface area contributed by atoms with Crippen molar-refractivity contribution >= 4 is 11.8 Å². The molecule has 4 rings (SSSR count). The number of rotatable bonds is 22. The standard InChI is InChI=1S/C35H63N3O26/c36-13(31(56)38-12(9-59-34-29(54)25(50)21(46)16(5-41)63-34)10-60-35-30(55)26(51)22(47)17(6-42)64-35)1-2-18(43)37-11(7-57-32-27(52)23(48)19(44)14(3-39)61-32)8-58-33-28(53)24(49)20(45)15(4-40)62-33/h11-17,19-30,32-35,39-42,44-55H,1-10,36H2,(H,37,43)(H,38,56)/t13-,14+,15+,16+,17+,19+,20+,21+,22+,23-,24-,25-,26-,27+,28+,29+,30+,32+,33+,34+,35+/m0/s1. The molecule has 20 N–H and O–H groups in total. The van der Waals surface area contributed by atoms with Crippen molar-refractivity contribution in [1.29, 1.82) is 0 Å². The summed E-state index contributed by atoms with van der Waals surface area (Å²) in [5, 5.41) is 166. The SMILES string of the molecule is N[C@@H](CCC(=O)NC(CO[C@@H]1O[C@H](CO)[C@@H](O)[C@H](O)[C@H]1O)CO[C@@H]1O[C@H](CO)[C@@H](O)[C@H](O)[C@H]1O)C(=O)NC(CO[C@@H]1O[C@H](CO)[C@@H](O)[C@H](O)[C@H]1O)CO[C@@H]1O[C@H](CO)[C@@H](O)[C@H](O)[C@H]1O. The number of nitrogens with one attached hydrogen (secondary N) is 2. The highest BCUT2D eigenvalue weighted by molar-refractivity contribution is 5.83. The zero-order chi connectivity index (χ0) is 47.6. The predicted molar refractivity (Wildman–Crippen MR) is 200 cm³/mol. The van der Waals surface area contributed by atoms with Gasteiger partial charge in [-0.05, 0) is 6.42 Å². The predicted octanol–water partition coefficient (Wildman–Crippen LogP) is -12.7. The molecule has 0 spiro atoms. The topological polar surface area (TPSA) is 482 Å². The molecule has 0 aliphatic carbocycles. The van der Waals surface area contributed by atoms with Gasteiger partial charge in [0.1, 0.15) is 97.7 Å². The summed E-state index contributed by atoms with van der Waals surface area (Å²) >= 11 is 0. The van der Waals surface area contributed by atoms with Crippen molar-refractivity contribution in [3.63, 3.8) is 0 Å². The molecule has 0 saturated carbocycles. The van der Waals surface area contributed by atoms with Crippen LogP contribution in [0.4, 0.5) is 0 Å². The molecule has 4 saturated heterocycles. The van der Waals surface area contributed by atoms with Gasteiger partial charge in [0.2, 0.25) is 11.8 Å². The van der Waals surface area contributed by atoms with Crippen molar-refractivity contribution < 1.29 is 129 Å². The first kappa shape index (κ1) is 54.5. The molecule has 21 atom stereocenters. The van der Waals surface area contributed by atoms with Gasteiger partial charge in [-0.1, -0.05) is 0 Å². The highest BCUT2D eigenvalue weighted by Gasteiger charge is 2.48. The maximum atomic E-state index is 13.3. The molecule has 374 valence electrons. The summed E-state index contributed by atoms with van der Waals surface area (Å²) in [4.78, 5) is 26.6. The van der Waals surface area contributed by atoms with Gasteiger partial charge in [-0.2, -0.15) is 0 Å². The first-order chi connectivity index (χ1) is 30.3. The number of hydrogen-bond acceptors (Lipinski definition) is 27. The second-order valence-corrected chi connectivity index (χ2v) is 15.7. The van der Waals surface area contributed by atoms with Crippen LogP contribution in [0.3, 0.4) is 0 Å². The summed E-state index contributed by atoms with van der Waals surface area (Å²) in [7, 11) is 0. The maximum absolute atomic E-state index is 13.3. The molecule has 29 heteroatoms. The van der Waals surface area contributed by atoms with Gasteiger partial charge < -0.3 is 136 Å². The third kappa shape index (κ3) is 13.8. The molecule has 4 aliphatic heterocycles. The number of carbonyl (C=O) groups excluding carboxylic acids is 2. The summed E-state index contributed by atoms with van der Waals surface area (Å²) in [5.41, 5.74) is 6.10. The van der Waals surface area contributed by atoms with E-state index >= 15 is 0 Å². The summed E-state index contributed by atoms with van der Waals surface area (Å²) in [6.45, 7) is -5.57. The Morgan fingerprint density at radius 2 is 0.703 bits per heavy atom. The molecule has 0 radical (unpaired) electrons. The van der Waals surface area contributed by atoms with Crippen LogP contribution in [0, 0.1) is 0 Å². The smallest absolute Gasteiger partial charge is 0.237 e. The van der Waals surface area contributed by atoms with Crippen molar-refractivity contribution in [3.8, 4) is 0 Å². The minimum Gasteiger partial charge on any atom is -0.394 e. The number of aliphatic hydroxyl groups excluding tert-OH is 16. The Balaban J connectivity index is 1.40. The number of hydrogen-bond donors (Lipinski definition) is 19. The van der Waals surface area contributed by atoms with Gasteiger partial charge in [0.05, 0.1) is 71.0 Å². The number of ether oxygens (including phenoxy) is 8. The molecule has 0 bridgehead atoms. The van der Waals surface area contributed by atoms with Crippen molar-refractivity contribution in [2.45, 2.75) is 154 Å². The summed E-state index contributed by atoms with van der Waals surface area (Å²) < 4.78 is 43.4. The Labute approximate surface area is 364 Å². The third-order valence-corrected chi connectivity index (χ3v) is 11.0. The van der Waals surface area contributed by atoms with E-state index in [2.05, 4.69) is 10.6 Å². The fraction of sp³-hybridized carbons (Fsp3) is 0.943. The lowest BCUT2D eigenvalue weighted by molar-refractivity contribution is -0.309. The molecule has 64 heavy (non-hydrogen) atoms. The van der Waals surface area contributed by atoms with Gasteiger partial charge in [-0.25, -0.2) is 0 Å². The van der Waals surface area contributed by atoms with Gasteiger partial charge in [0, 0.05) is 6.42 Å². The largest absolute Gasteiger partial charge is 0.394 e. The first-order valence-electron chi connectivity index (χ1n) is 20.3. The Bertz CT molecular complexity index is 1330. The minimum absolute atomic E-state index is 0.376. The van der Waals surface area contributed by atoms with Gasteiger partial charge >= 0.3 is 0 Å². The quantitative estimate of drug-likeness (QED) is 0.0479. The van der Waals surface area contributed by atoms with Crippen LogP contribution in [-0.4, -0.2) is 287 Å². The van der Waals surface area contributed by atoms with Crippen molar-refractivity contribution in [1.82, 2.24) is 10.6 Å². The van der Waals surface area contributed by atoms with E-state index in [0.29, 0.717) is 0 Å². The summed E-state index contributed by atoms with van der Waals surface area (Å²) in [6, 6.07) is -4.02. The van der Waals surface area contributed by atoms with E-state index in [1.54, 1.807) is 0 Å². The average Bonchev–Trinajstić information content (AvgIpc) is 3.28. The molecule has 0 aromatic rings. The van der Waals surface area contributed by atoms with E-state index < -0.39 is 212 Å². The number of carbonyl (C=O) groups is 2. The maximum Gasteiger partial charge on any atom is 0.237 e. The van der Waals surface area contributed by atoms with Crippen molar-refractivity contribution in [2.75, 3.05) is 52.9 Å². The molecule has 0 aromatic carbocycles. The lowest BCUT2D eigenvalue weighted by Gasteiger charge is -2.41. The van der Waals surface area contributed by atoms with Crippen molar-refractivity contribution in [3.05, 3.63) is 0 Å². The van der Waals surface area contributed by atoms with Gasteiger partial charge in [-0.3, -0.25) is 9.59 Å². The summed E-state index contributed by atoms with van der Waals surface area (Å²) in [5.74, 6) is -1.75. The monoisotopic (exact) mass is 941 g/mol. The van der Waals surface area contributed by atoms with E-state index in [1.807, 2.05) is 0 Å². The fourth-order valence-corrected chi connectivity index (χ4v) is 6.95. The normalized spacial score (nSPS) is 41.2. The molecule has 0 unspecified atom stereocenters. The molecule has 4 aliphatic rings. The second-order valence-electron chi connectivity index (χ2n) is 15.7. The molecular formula is C35H63N3O26. The molecule has 0 aromatic heterocycles. The highest BCUT2D eigenvalue weighted by atomic mass is 16.7. The van der Waals surface area contributed by atoms with Crippen LogP contribution in [0.25, 0.3) is 0 Å². The van der Waals surface area contributed by atoms with Crippen molar-refractivity contribution in [2.24, 2.45) is 5.73 Å². The lowest BCUT2D eigenvalue weighted by atomic mass is 9.99. The Morgan fingerprint density at radius 3 is 0.969 bits per heavy atom. The third-order valence-electron chi connectivity index (χ3n) is 11.0. The fourth-order valence-electron chi connectivity index (χ4n) is 6.95. The van der Waals surface area contributed by atoms with E-state index in [4.69, 9.17) is 43.6 Å². The number of aliphatic hydroxyl groups is 16. The number of nitrogens with two attached hydrogens (primary N) is 1. The van der Waals surface area contributed by atoms with E-state index in [0.717, 1.165) is 0 Å². The first-order valence-corrected chi connectivity index (χ1v) is 20.3. The summed E-state index contributed by atoms with van der Waals surface area (Å²) in [6.07, 6.45) is -34.5. The van der Waals surface area contributed by atoms with E-state index in [-0.39, 0.29) is 6.42 Å². The second kappa shape index (κ2) is 25.3. The van der Waals surface area contributed by atoms with Crippen LogP contribution >= 0.6 is 0 Å². The van der Waals surface area contributed by atoms with Crippen LogP contribution in [0.1, 0.15) is 12.8 Å². The van der Waals surface area contributed by atoms with Crippen LogP contribution in [0.15, 0.2) is 0 Å². The number of amides is 2. The molecule has 4 heterocycles. The van der Waals surface area contributed by atoms with Gasteiger partial charge in [0.15, 0.2) is 25.2 Å². The van der Waals surface area contributed by atoms with Gasteiger partial charge in [0.25, 0.3) is 0 Å². The Morgan fingerprint density at radius 1 is 0.438 bits per heavy atom. The molecule has 29 nitrogen and oxygen atoms in total. The Hall–Kier alpha value is -2.06. The van der Waals surface area contributed by atoms with Crippen LogP contribution in [0.5, 0.6) is 0 Å². The van der Waals surface area contributed by atoms with Gasteiger partial charge in [-0.15, -0.1) is 0 Å². The van der Waals surface area contributed by atoms with E-state index in [9.17, 15) is 91.3 Å². The molecule has 4 fully saturated rings. The Kier molecular flexibility index (Phi) is 21.6. The average molecular weight is 942 g/mol. The van der Waals surface area contributed by atoms with E-state index in [1.165, 1.54) is 0 Å². The lowest BCUT2D eigenvalue weighted by Crippen LogP contribution is -2.60. The highest BCUT2D eigenvalue weighted by Crippen LogP contribution is 2.26. The molecule has 2 amide bonds. The molecular weight excluding hydrogens is 878 g/mol. The zero-order valence-electron chi connectivity index (χ0n) is 34.2.